The number of halogens is 1. The zero-order valence-electron chi connectivity index (χ0n) is 11.5. The quantitative estimate of drug-likeness (QED) is 0.667. The summed E-state index contributed by atoms with van der Waals surface area (Å²) in [6, 6.07) is 15.1. The van der Waals surface area contributed by atoms with Crippen molar-refractivity contribution >= 4 is 28.1 Å². The van der Waals surface area contributed by atoms with E-state index in [4.69, 9.17) is 4.74 Å². The molecule has 4 nitrogen and oxygen atoms in total. The molecule has 0 bridgehead atoms. The Morgan fingerprint density at radius 1 is 1.29 bits per heavy atom. The van der Waals surface area contributed by atoms with Crippen LogP contribution in [0.3, 0.4) is 0 Å². The van der Waals surface area contributed by atoms with Gasteiger partial charge in [0.25, 0.3) is 5.91 Å². The van der Waals surface area contributed by atoms with Crippen molar-refractivity contribution in [3.63, 3.8) is 0 Å². The van der Waals surface area contributed by atoms with Crippen LogP contribution >= 0.6 is 15.9 Å². The molecule has 0 atom stereocenters. The van der Waals surface area contributed by atoms with Crippen molar-refractivity contribution in [3.8, 4) is 5.75 Å². The lowest BCUT2D eigenvalue weighted by molar-refractivity contribution is -0.123. The normalized spacial score (nSPS) is 10.6. The molecule has 5 heteroatoms. The second-order valence-electron chi connectivity index (χ2n) is 4.45. The lowest BCUT2D eigenvalue weighted by Crippen LogP contribution is -2.24. The van der Waals surface area contributed by atoms with E-state index in [0.29, 0.717) is 5.75 Å². The first kappa shape index (κ1) is 15.3. The predicted octanol–water partition coefficient (Wildman–Crippen LogP) is 3.29. The number of amides is 1. The minimum Gasteiger partial charge on any atom is -0.484 e. The molecule has 108 valence electrons. The highest BCUT2D eigenvalue weighted by molar-refractivity contribution is 9.10. The molecule has 0 aliphatic heterocycles. The standard InChI is InChI=1S/C16H15BrN2O2/c1-12-5-7-15(8-6-12)21-11-16(20)19-18-10-13-3-2-4-14(17)9-13/h2-10H,11H2,1H3,(H,19,20)/b18-10-. The Hall–Kier alpha value is -2.14. The Bertz CT molecular complexity index is 639. The third kappa shape index (κ3) is 5.39. The van der Waals surface area contributed by atoms with Crippen LogP contribution in [-0.4, -0.2) is 18.7 Å². The molecule has 0 unspecified atom stereocenters. The summed E-state index contributed by atoms with van der Waals surface area (Å²) in [5, 5.41) is 3.88. The minimum atomic E-state index is -0.304. The summed E-state index contributed by atoms with van der Waals surface area (Å²) in [7, 11) is 0. The van der Waals surface area contributed by atoms with Gasteiger partial charge in [-0.2, -0.15) is 5.10 Å². The monoisotopic (exact) mass is 346 g/mol. The van der Waals surface area contributed by atoms with E-state index in [1.165, 1.54) is 0 Å². The van der Waals surface area contributed by atoms with Crippen molar-refractivity contribution in [2.45, 2.75) is 6.92 Å². The van der Waals surface area contributed by atoms with Gasteiger partial charge in [0.05, 0.1) is 6.21 Å². The highest BCUT2D eigenvalue weighted by Crippen LogP contribution is 2.11. The maximum Gasteiger partial charge on any atom is 0.277 e. The Labute approximate surface area is 132 Å². The number of hydrogen-bond acceptors (Lipinski definition) is 3. The minimum absolute atomic E-state index is 0.0706. The van der Waals surface area contributed by atoms with Gasteiger partial charge in [-0.3, -0.25) is 4.79 Å². The average molecular weight is 347 g/mol. The SMILES string of the molecule is Cc1ccc(OCC(=O)N/N=C\c2cccc(Br)c2)cc1. The van der Waals surface area contributed by atoms with Gasteiger partial charge in [0.1, 0.15) is 5.75 Å². The molecule has 1 amide bonds. The molecule has 1 N–H and O–H groups in total. The largest absolute Gasteiger partial charge is 0.484 e. The number of aryl methyl sites for hydroxylation is 1. The van der Waals surface area contributed by atoms with Gasteiger partial charge in [-0.15, -0.1) is 0 Å². The van der Waals surface area contributed by atoms with Gasteiger partial charge < -0.3 is 4.74 Å². The van der Waals surface area contributed by atoms with E-state index in [1.54, 1.807) is 6.21 Å². The number of nitrogens with zero attached hydrogens (tertiary/aromatic N) is 1. The van der Waals surface area contributed by atoms with Crippen molar-refractivity contribution in [2.75, 3.05) is 6.61 Å². The third-order valence-electron chi connectivity index (χ3n) is 2.64. The second kappa shape index (κ2) is 7.59. The average Bonchev–Trinajstić information content (AvgIpc) is 2.47. The summed E-state index contributed by atoms with van der Waals surface area (Å²) >= 11 is 3.37. The molecule has 0 aliphatic carbocycles. The number of ether oxygens (including phenoxy) is 1. The lowest BCUT2D eigenvalue weighted by Gasteiger charge is -2.05. The van der Waals surface area contributed by atoms with E-state index in [0.717, 1.165) is 15.6 Å². The van der Waals surface area contributed by atoms with Crippen LogP contribution in [0.2, 0.25) is 0 Å². The molecule has 21 heavy (non-hydrogen) atoms. The summed E-state index contributed by atoms with van der Waals surface area (Å²) in [6.45, 7) is 1.92. The zero-order chi connectivity index (χ0) is 15.1. The summed E-state index contributed by atoms with van der Waals surface area (Å²) in [5.74, 6) is 0.355. The van der Waals surface area contributed by atoms with Crippen LogP contribution < -0.4 is 10.2 Å². The van der Waals surface area contributed by atoms with Gasteiger partial charge >= 0.3 is 0 Å². The van der Waals surface area contributed by atoms with Crippen LogP contribution in [0.1, 0.15) is 11.1 Å². The third-order valence-corrected chi connectivity index (χ3v) is 3.14. The Morgan fingerprint density at radius 2 is 2.05 bits per heavy atom. The highest BCUT2D eigenvalue weighted by atomic mass is 79.9. The lowest BCUT2D eigenvalue weighted by atomic mass is 10.2. The molecule has 2 aromatic carbocycles. The van der Waals surface area contributed by atoms with E-state index >= 15 is 0 Å². The summed E-state index contributed by atoms with van der Waals surface area (Å²) < 4.78 is 6.31. The Morgan fingerprint density at radius 3 is 2.76 bits per heavy atom. The number of carbonyl (C=O) groups is 1. The molecule has 0 radical (unpaired) electrons. The van der Waals surface area contributed by atoms with E-state index in [9.17, 15) is 4.79 Å². The molecular weight excluding hydrogens is 332 g/mol. The van der Waals surface area contributed by atoms with Gasteiger partial charge in [-0.25, -0.2) is 5.43 Å². The molecule has 0 saturated carbocycles. The predicted molar refractivity (Wildman–Crippen MR) is 86.6 cm³/mol. The first-order valence-corrected chi connectivity index (χ1v) is 7.20. The number of nitrogens with one attached hydrogen (secondary N) is 1. The van der Waals surface area contributed by atoms with Crippen LogP contribution in [0.5, 0.6) is 5.75 Å². The number of hydrogen-bond donors (Lipinski definition) is 1. The number of hydrazone groups is 1. The molecule has 0 spiro atoms. The molecule has 0 aromatic heterocycles. The van der Waals surface area contributed by atoms with Crippen molar-refractivity contribution < 1.29 is 9.53 Å². The fraction of sp³-hybridized carbons (Fsp3) is 0.125. The maximum atomic E-state index is 11.6. The first-order chi connectivity index (χ1) is 10.1. The van der Waals surface area contributed by atoms with Crippen LogP contribution in [0.25, 0.3) is 0 Å². The van der Waals surface area contributed by atoms with Crippen LogP contribution in [0.4, 0.5) is 0 Å². The van der Waals surface area contributed by atoms with Crippen molar-refractivity contribution in [3.05, 3.63) is 64.1 Å². The summed E-state index contributed by atoms with van der Waals surface area (Å²) in [4.78, 5) is 11.6. The molecule has 0 aliphatic rings. The topological polar surface area (TPSA) is 50.7 Å². The summed E-state index contributed by atoms with van der Waals surface area (Å²) in [6.07, 6.45) is 1.58. The summed E-state index contributed by atoms with van der Waals surface area (Å²) in [5.41, 5.74) is 4.46. The fourth-order valence-corrected chi connectivity index (χ4v) is 2.00. The number of rotatable bonds is 5. The smallest absolute Gasteiger partial charge is 0.277 e. The van der Waals surface area contributed by atoms with E-state index in [1.807, 2.05) is 55.5 Å². The number of carbonyl (C=O) groups excluding carboxylic acids is 1. The highest BCUT2D eigenvalue weighted by Gasteiger charge is 2.01. The van der Waals surface area contributed by atoms with E-state index in [2.05, 4.69) is 26.5 Å². The van der Waals surface area contributed by atoms with Gasteiger partial charge in [0.15, 0.2) is 6.61 Å². The zero-order valence-corrected chi connectivity index (χ0v) is 13.1. The van der Waals surface area contributed by atoms with E-state index < -0.39 is 0 Å². The first-order valence-electron chi connectivity index (χ1n) is 6.40. The van der Waals surface area contributed by atoms with Gasteiger partial charge in [0.2, 0.25) is 0 Å². The Balaban J connectivity index is 1.78. The van der Waals surface area contributed by atoms with Crippen molar-refractivity contribution in [1.82, 2.24) is 5.43 Å². The van der Waals surface area contributed by atoms with E-state index in [-0.39, 0.29) is 12.5 Å². The van der Waals surface area contributed by atoms with Crippen LogP contribution in [0.15, 0.2) is 58.1 Å². The fourth-order valence-electron chi connectivity index (χ4n) is 1.58. The van der Waals surface area contributed by atoms with Gasteiger partial charge in [-0.05, 0) is 36.8 Å². The van der Waals surface area contributed by atoms with Crippen molar-refractivity contribution in [1.29, 1.82) is 0 Å². The van der Waals surface area contributed by atoms with Crippen LogP contribution in [0, 0.1) is 6.92 Å². The molecule has 0 fully saturated rings. The molecule has 0 saturated heterocycles. The van der Waals surface area contributed by atoms with Gasteiger partial charge in [0, 0.05) is 4.47 Å². The maximum absolute atomic E-state index is 11.6. The van der Waals surface area contributed by atoms with Gasteiger partial charge in [-0.1, -0.05) is 45.8 Å². The molecule has 2 rings (SSSR count). The Kier molecular flexibility index (Phi) is 5.51. The van der Waals surface area contributed by atoms with Crippen LogP contribution in [-0.2, 0) is 4.79 Å². The molecule has 2 aromatic rings. The molecule has 0 heterocycles. The molecular formula is C16H15BrN2O2. The van der Waals surface area contributed by atoms with Crippen molar-refractivity contribution in [2.24, 2.45) is 5.10 Å². The second-order valence-corrected chi connectivity index (χ2v) is 5.37. The number of benzene rings is 2.